The molecule has 2 N–H and O–H groups in total. The molecule has 0 radical (unpaired) electrons. The van der Waals surface area contributed by atoms with E-state index in [4.69, 9.17) is 0 Å². The molecule has 2 rings (SSSR count). The van der Waals surface area contributed by atoms with Crippen LogP contribution in [0.3, 0.4) is 0 Å². The number of carbonyl (C=O) groups is 4. The predicted molar refractivity (Wildman–Crippen MR) is 161 cm³/mol. The predicted octanol–water partition coefficient (Wildman–Crippen LogP) is -0.616. The number of Topliss-reactive ketones (excluding diaryl/α,β-unsaturated/α-hetero) is 3. The Morgan fingerprint density at radius 2 is 1.40 bits per heavy atom. The van der Waals surface area contributed by atoms with Gasteiger partial charge in [-0.15, -0.1) is 0 Å². The van der Waals surface area contributed by atoms with Gasteiger partial charge in [0.25, 0.3) is 5.69 Å². The highest BCUT2D eigenvalue weighted by atomic mass is 16.5. The molecule has 1 aliphatic heterocycles. The molecule has 1 amide bonds. The van der Waals surface area contributed by atoms with Crippen molar-refractivity contribution in [3.05, 3.63) is 34.7 Å². The molecule has 0 bridgehead atoms. The number of hydrogen-bond donors (Lipinski definition) is 2. The average molecular weight is 590 g/mol. The van der Waals surface area contributed by atoms with Crippen molar-refractivity contribution in [2.75, 3.05) is 79.5 Å². The molecule has 1 aromatic carbocycles. The number of hydroxylamine groups is 1. The van der Waals surface area contributed by atoms with Crippen LogP contribution in [0, 0.1) is 10.4 Å². The molecule has 13 nitrogen and oxygen atoms in total. The van der Waals surface area contributed by atoms with Crippen LogP contribution in [0.1, 0.15) is 33.6 Å². The number of benzene rings is 1. The van der Waals surface area contributed by atoms with Crippen molar-refractivity contribution >= 4 is 40.8 Å². The maximum Gasteiger partial charge on any atom is 0.278 e. The van der Waals surface area contributed by atoms with Gasteiger partial charge in [-0.1, -0.05) is 12.1 Å². The largest absolute Gasteiger partial charge is 0.627 e. The van der Waals surface area contributed by atoms with Gasteiger partial charge in [0, 0.05) is 64.4 Å². The fourth-order valence-corrected chi connectivity index (χ4v) is 4.86. The SMILES string of the molecule is CC(=O)CN(C)CCN(CCN(CCN(C)CC(C)=O)C(=O)CCCNC1C=[N+]([O-])c2ccccc2[NH+]1[O-])CC(C)=O. The Kier molecular flexibility index (Phi) is 14.9. The fourth-order valence-electron chi connectivity index (χ4n) is 4.86. The average Bonchev–Trinajstić information content (AvgIpc) is 2.91. The molecule has 1 aromatic rings. The molecule has 0 spiro atoms. The molecule has 42 heavy (non-hydrogen) atoms. The Labute approximate surface area is 248 Å². The quantitative estimate of drug-likeness (QED) is 0.115. The third-order valence-electron chi connectivity index (χ3n) is 6.93. The van der Waals surface area contributed by atoms with Gasteiger partial charge < -0.3 is 20.4 Å². The third kappa shape index (κ3) is 12.4. The summed E-state index contributed by atoms with van der Waals surface area (Å²) in [4.78, 5) is 55.6. The molecule has 13 heteroatoms. The van der Waals surface area contributed by atoms with Gasteiger partial charge in [-0.2, -0.15) is 4.74 Å². The van der Waals surface area contributed by atoms with Crippen LogP contribution in [-0.2, 0) is 19.2 Å². The molecular weight excluding hydrogens is 542 g/mol. The number of hydrogen-bond acceptors (Lipinski definition) is 10. The second-order valence-corrected chi connectivity index (χ2v) is 11.1. The lowest BCUT2D eigenvalue weighted by Crippen LogP contribution is -3.10. The summed E-state index contributed by atoms with van der Waals surface area (Å²) in [6, 6.07) is 6.66. The number of likely N-dealkylation sites (N-methyl/N-ethyl adjacent to an activating group) is 2. The summed E-state index contributed by atoms with van der Waals surface area (Å²) in [5, 5.41) is 28.0. The maximum absolute atomic E-state index is 13.3. The van der Waals surface area contributed by atoms with E-state index in [1.54, 1.807) is 29.2 Å². The smallest absolute Gasteiger partial charge is 0.278 e. The highest BCUT2D eigenvalue weighted by Gasteiger charge is 2.29. The lowest BCUT2D eigenvalue weighted by atomic mass is 10.2. The van der Waals surface area contributed by atoms with Crippen LogP contribution in [0.4, 0.5) is 11.4 Å². The molecule has 0 saturated carbocycles. The van der Waals surface area contributed by atoms with Crippen LogP contribution >= 0.6 is 0 Å². The van der Waals surface area contributed by atoms with E-state index < -0.39 is 6.17 Å². The minimum Gasteiger partial charge on any atom is -0.627 e. The van der Waals surface area contributed by atoms with Crippen molar-refractivity contribution in [3.8, 4) is 0 Å². The summed E-state index contributed by atoms with van der Waals surface area (Å²) in [7, 11) is 3.68. The minimum absolute atomic E-state index is 0.0164. The van der Waals surface area contributed by atoms with Crippen LogP contribution in [0.25, 0.3) is 0 Å². The van der Waals surface area contributed by atoms with Gasteiger partial charge in [0.15, 0.2) is 0 Å². The molecule has 0 fully saturated rings. The standard InChI is InChI=1S/C29H47N7O6/c1-23(37)19-31(4)13-15-33(21-25(3)39)16-18-34(17-14-32(5)20-24(2)38)29(40)11-8-12-30-28-22-35(41)26-9-6-7-10-27(26)36(28)42/h6-7,9-10,22,28,30,36H,8,11-21H2,1-5H3. The first kappa shape index (κ1) is 35.1. The number of amides is 1. The summed E-state index contributed by atoms with van der Waals surface area (Å²) in [6.45, 7) is 8.82. The summed E-state index contributed by atoms with van der Waals surface area (Å²) < 4.78 is 0.698. The highest BCUT2D eigenvalue weighted by molar-refractivity contribution is 5.78. The van der Waals surface area contributed by atoms with Crippen molar-refractivity contribution in [2.24, 2.45) is 0 Å². The normalized spacial score (nSPS) is 16.5. The maximum atomic E-state index is 13.3. The Bertz CT molecular complexity index is 1100. The van der Waals surface area contributed by atoms with Crippen LogP contribution < -0.4 is 10.4 Å². The van der Waals surface area contributed by atoms with Gasteiger partial charge in [0.1, 0.15) is 17.3 Å². The summed E-state index contributed by atoms with van der Waals surface area (Å²) in [5.41, 5.74) is 0.692. The Hall–Kier alpha value is -3.07. The first-order valence-corrected chi connectivity index (χ1v) is 14.4. The fraction of sp³-hybridized carbons (Fsp3) is 0.621. The van der Waals surface area contributed by atoms with Crippen molar-refractivity contribution in [1.29, 1.82) is 0 Å². The van der Waals surface area contributed by atoms with E-state index in [9.17, 15) is 29.6 Å². The van der Waals surface area contributed by atoms with Crippen molar-refractivity contribution in [1.82, 2.24) is 24.9 Å². The van der Waals surface area contributed by atoms with E-state index in [0.717, 1.165) is 0 Å². The molecule has 234 valence electrons. The number of ketones is 3. The van der Waals surface area contributed by atoms with E-state index in [1.165, 1.54) is 27.0 Å². The number of rotatable bonds is 20. The molecule has 2 atom stereocenters. The minimum atomic E-state index is -0.759. The zero-order chi connectivity index (χ0) is 31.2. The number of nitrogens with one attached hydrogen (secondary N) is 2. The monoisotopic (exact) mass is 589 g/mol. The van der Waals surface area contributed by atoms with Gasteiger partial charge in [-0.25, -0.2) is 0 Å². The van der Waals surface area contributed by atoms with Crippen molar-refractivity contribution < 1.29 is 29.0 Å². The molecule has 1 aliphatic rings. The second-order valence-electron chi connectivity index (χ2n) is 11.1. The summed E-state index contributed by atoms with van der Waals surface area (Å²) in [5.74, 6) is 0.0523. The number of quaternary nitrogens is 1. The molecule has 0 aromatic heterocycles. The van der Waals surface area contributed by atoms with Crippen LogP contribution in [0.2, 0.25) is 0 Å². The van der Waals surface area contributed by atoms with E-state index in [0.29, 0.717) is 74.9 Å². The van der Waals surface area contributed by atoms with E-state index in [-0.39, 0.29) is 47.8 Å². The number of nitrogens with zero attached hydrogens (tertiary/aromatic N) is 5. The highest BCUT2D eigenvalue weighted by Crippen LogP contribution is 2.21. The number of fused-ring (bicyclic) bond motifs is 1. The van der Waals surface area contributed by atoms with Crippen LogP contribution in [0.5, 0.6) is 0 Å². The molecule has 1 heterocycles. The first-order valence-electron chi connectivity index (χ1n) is 14.4. The Balaban J connectivity index is 1.95. The van der Waals surface area contributed by atoms with Gasteiger partial charge in [0.05, 0.1) is 19.6 Å². The zero-order valence-electron chi connectivity index (χ0n) is 25.6. The first-order chi connectivity index (χ1) is 19.9. The second kappa shape index (κ2) is 17.8. The summed E-state index contributed by atoms with van der Waals surface area (Å²) >= 11 is 0. The molecular formula is C29H47N7O6. The topological polar surface area (TPSA) is 147 Å². The Morgan fingerprint density at radius 1 is 0.857 bits per heavy atom. The van der Waals surface area contributed by atoms with Gasteiger partial charge >= 0.3 is 0 Å². The Morgan fingerprint density at radius 3 is 2.02 bits per heavy atom. The van der Waals surface area contributed by atoms with Crippen LogP contribution in [-0.4, -0.2) is 140 Å². The zero-order valence-corrected chi connectivity index (χ0v) is 25.6. The van der Waals surface area contributed by atoms with Crippen molar-refractivity contribution in [2.45, 2.75) is 39.8 Å². The number of carbonyl (C=O) groups excluding carboxylic acids is 4. The van der Waals surface area contributed by atoms with Crippen LogP contribution in [0.15, 0.2) is 24.3 Å². The molecule has 0 saturated heterocycles. The third-order valence-corrected chi connectivity index (χ3v) is 6.93. The van der Waals surface area contributed by atoms with Crippen molar-refractivity contribution in [3.63, 3.8) is 0 Å². The van der Waals surface area contributed by atoms with E-state index in [1.807, 2.05) is 28.8 Å². The lowest BCUT2D eigenvalue weighted by Gasteiger charge is -2.31. The lowest BCUT2D eigenvalue weighted by molar-refractivity contribution is -0.805. The van der Waals surface area contributed by atoms with E-state index >= 15 is 0 Å². The van der Waals surface area contributed by atoms with Gasteiger partial charge in [-0.3, -0.25) is 39.2 Å². The molecule has 0 aliphatic carbocycles. The summed E-state index contributed by atoms with van der Waals surface area (Å²) in [6.07, 6.45) is 1.24. The molecule has 2 unspecified atom stereocenters. The number of para-hydroxylation sites is 2. The van der Waals surface area contributed by atoms with Gasteiger partial charge in [0.2, 0.25) is 24.0 Å². The van der Waals surface area contributed by atoms with Gasteiger partial charge in [-0.05, 0) is 41.3 Å². The van der Waals surface area contributed by atoms with E-state index in [2.05, 4.69) is 5.32 Å².